The fourth-order valence-electron chi connectivity index (χ4n) is 8.09. The molecule has 11 nitrogen and oxygen atoms in total. The fraction of sp³-hybridized carbons (Fsp3) is 0.394. The number of amides is 1. The maximum absolute atomic E-state index is 13.7. The maximum atomic E-state index is 13.7. The summed E-state index contributed by atoms with van der Waals surface area (Å²) in [4.78, 5) is 40.1. The minimum absolute atomic E-state index is 0.0217. The Morgan fingerprint density at radius 1 is 1.07 bits per heavy atom. The van der Waals surface area contributed by atoms with E-state index < -0.39 is 10.8 Å². The first-order chi connectivity index (χ1) is 21.3. The zero-order valence-corrected chi connectivity index (χ0v) is 24.7. The van der Waals surface area contributed by atoms with E-state index in [0.717, 1.165) is 36.6 Å². The van der Waals surface area contributed by atoms with Crippen LogP contribution in [0.4, 0.5) is 5.82 Å². The summed E-state index contributed by atoms with van der Waals surface area (Å²) in [7, 11) is 3.27. The molecule has 2 unspecified atom stereocenters. The molecule has 44 heavy (non-hydrogen) atoms. The summed E-state index contributed by atoms with van der Waals surface area (Å²) in [5.74, 6) is 1.60. The first kappa shape index (κ1) is 26.8. The number of fused-ring (bicyclic) bond motifs is 3. The lowest BCUT2D eigenvalue weighted by atomic mass is 9.33. The molecule has 222 valence electrons. The van der Waals surface area contributed by atoms with Crippen LogP contribution in [0.3, 0.4) is 0 Å². The highest BCUT2D eigenvalue weighted by atomic mass is 16.5. The minimum Gasteiger partial charge on any atom is -0.481 e. The molecular formula is C33H32N8O3. The molecule has 1 N–H and O–H groups in total. The molecule has 4 bridgehead atoms. The lowest BCUT2D eigenvalue weighted by molar-refractivity contribution is -0.186. The van der Waals surface area contributed by atoms with Crippen molar-refractivity contribution in [3.8, 4) is 23.1 Å². The molecule has 3 aliphatic carbocycles. The number of rotatable bonds is 8. The summed E-state index contributed by atoms with van der Waals surface area (Å²) in [5, 5.41) is 16.9. The Labute approximate surface area is 254 Å². The van der Waals surface area contributed by atoms with E-state index >= 15 is 0 Å². The quantitative estimate of drug-likeness (QED) is 0.309. The number of ether oxygens (including phenoxy) is 1. The van der Waals surface area contributed by atoms with Crippen molar-refractivity contribution in [3.05, 3.63) is 71.8 Å². The molecule has 1 amide bonds. The van der Waals surface area contributed by atoms with E-state index in [9.17, 15) is 14.9 Å². The number of nitrogens with zero attached hydrogens (tertiary/aromatic N) is 7. The number of ketones is 1. The number of Topliss-reactive ketones (excluding diaryl/α,β-unsaturated/α-hetero) is 1. The smallest absolute Gasteiger partial charge is 0.226 e. The van der Waals surface area contributed by atoms with Gasteiger partial charge in [-0.25, -0.2) is 14.5 Å². The van der Waals surface area contributed by atoms with E-state index in [2.05, 4.69) is 37.3 Å². The Morgan fingerprint density at radius 2 is 1.86 bits per heavy atom. The Bertz CT molecular complexity index is 1830. The number of nitriles is 1. The lowest BCUT2D eigenvalue weighted by Gasteiger charge is -2.68. The molecule has 6 fully saturated rings. The highest BCUT2D eigenvalue weighted by Gasteiger charge is 2.74. The molecule has 0 radical (unpaired) electrons. The third-order valence-electron chi connectivity index (χ3n) is 10.3. The van der Waals surface area contributed by atoms with Crippen LogP contribution >= 0.6 is 0 Å². The van der Waals surface area contributed by atoms with Gasteiger partial charge in [0.15, 0.2) is 5.78 Å². The summed E-state index contributed by atoms with van der Waals surface area (Å²) < 4.78 is 6.81. The molecule has 3 aliphatic heterocycles. The van der Waals surface area contributed by atoms with E-state index in [-0.39, 0.29) is 11.7 Å². The van der Waals surface area contributed by atoms with Crippen LogP contribution in [0.1, 0.15) is 47.2 Å². The second-order valence-corrected chi connectivity index (χ2v) is 12.8. The average molecular weight is 589 g/mol. The first-order valence-electron chi connectivity index (χ1n) is 15.0. The number of piperidine rings is 1. The van der Waals surface area contributed by atoms with Crippen LogP contribution in [0.15, 0.2) is 55.1 Å². The number of carbonyl (C=O) groups is 2. The van der Waals surface area contributed by atoms with Gasteiger partial charge in [0.05, 0.1) is 29.8 Å². The predicted octanol–water partition coefficient (Wildman–Crippen LogP) is 3.23. The summed E-state index contributed by atoms with van der Waals surface area (Å²) in [6.07, 6.45) is 9.88. The number of nitrogens with one attached hydrogen (secondary N) is 1. The summed E-state index contributed by atoms with van der Waals surface area (Å²) in [6.45, 7) is 2.68. The molecule has 6 aliphatic rings. The second kappa shape index (κ2) is 9.59. The largest absolute Gasteiger partial charge is 0.481 e. The molecule has 11 heteroatoms. The van der Waals surface area contributed by atoms with Crippen molar-refractivity contribution in [1.82, 2.24) is 29.8 Å². The number of hydrogen-bond donors (Lipinski definition) is 1. The predicted molar refractivity (Wildman–Crippen MR) is 161 cm³/mol. The van der Waals surface area contributed by atoms with Crippen LogP contribution in [0.25, 0.3) is 16.6 Å². The van der Waals surface area contributed by atoms with E-state index in [1.807, 2.05) is 36.7 Å². The monoisotopic (exact) mass is 588 g/mol. The lowest BCUT2D eigenvalue weighted by Crippen LogP contribution is -2.70. The van der Waals surface area contributed by atoms with Crippen molar-refractivity contribution in [2.24, 2.45) is 10.8 Å². The molecule has 10 rings (SSSR count). The number of anilines is 1. The van der Waals surface area contributed by atoms with Crippen LogP contribution in [0.2, 0.25) is 0 Å². The number of piperazine rings is 1. The molecule has 0 aromatic carbocycles. The summed E-state index contributed by atoms with van der Waals surface area (Å²) in [5.41, 5.74) is 3.50. The molecule has 3 saturated carbocycles. The van der Waals surface area contributed by atoms with Crippen LogP contribution in [-0.2, 0) is 11.3 Å². The summed E-state index contributed by atoms with van der Waals surface area (Å²) in [6, 6.07) is 13.1. The molecule has 4 aromatic heterocycles. The van der Waals surface area contributed by atoms with Gasteiger partial charge in [-0.1, -0.05) is 6.07 Å². The van der Waals surface area contributed by atoms with Gasteiger partial charge in [0, 0.05) is 85.5 Å². The summed E-state index contributed by atoms with van der Waals surface area (Å²) >= 11 is 0. The number of methoxy groups -OCH3 is 1. The molecule has 7 heterocycles. The van der Waals surface area contributed by atoms with Gasteiger partial charge in [0.1, 0.15) is 11.9 Å². The minimum atomic E-state index is -0.488. The Balaban J connectivity index is 1.02. The van der Waals surface area contributed by atoms with Gasteiger partial charge in [0.2, 0.25) is 11.8 Å². The highest BCUT2D eigenvalue weighted by Crippen LogP contribution is 2.74. The van der Waals surface area contributed by atoms with Crippen LogP contribution in [0, 0.1) is 22.2 Å². The van der Waals surface area contributed by atoms with Gasteiger partial charge in [-0.3, -0.25) is 14.5 Å². The Morgan fingerprint density at radius 3 is 2.50 bits per heavy atom. The van der Waals surface area contributed by atoms with Crippen molar-refractivity contribution in [1.29, 1.82) is 5.26 Å². The van der Waals surface area contributed by atoms with E-state index in [4.69, 9.17) is 9.72 Å². The number of pyridine rings is 3. The van der Waals surface area contributed by atoms with Crippen molar-refractivity contribution in [2.45, 2.75) is 44.3 Å². The molecule has 0 spiro atoms. The standard InChI is InChI=1S/C33H32N8O3/c1-35-31(43)33-17-32(18-33,19-33)30(42)22-7-26(29-23(9-34)12-38-41(29)14-22)21-4-5-27(36-11-21)39-15-24-8-25(16-39)40(24)13-20-3-6-28(44-2)37-10-20/h3-7,10-12,14,24-25H,8,13,15-19H2,1-2H3,(H,35,43). The average Bonchev–Trinajstić information content (AvgIpc) is 3.45. The van der Waals surface area contributed by atoms with Crippen molar-refractivity contribution < 1.29 is 14.3 Å². The van der Waals surface area contributed by atoms with E-state index in [1.165, 1.54) is 18.2 Å². The van der Waals surface area contributed by atoms with Crippen LogP contribution in [0.5, 0.6) is 5.88 Å². The topological polar surface area (TPSA) is 129 Å². The van der Waals surface area contributed by atoms with E-state index in [1.54, 1.807) is 24.9 Å². The zero-order valence-electron chi connectivity index (χ0n) is 24.7. The number of aromatic nitrogens is 4. The third kappa shape index (κ3) is 3.87. The van der Waals surface area contributed by atoms with Crippen molar-refractivity contribution >= 4 is 23.0 Å². The SMILES string of the molecule is CNC(=O)C12CC(C(=O)c3cc(-c4ccc(N5CC6CC(C5)N6Cc5ccc(OC)nc5)nc4)c4c(C#N)cnn4c3)(C1)C2. The maximum Gasteiger partial charge on any atom is 0.226 e. The van der Waals surface area contributed by atoms with Gasteiger partial charge in [-0.15, -0.1) is 0 Å². The molecule has 3 saturated heterocycles. The number of carbonyl (C=O) groups excluding carboxylic acids is 2. The zero-order chi connectivity index (χ0) is 30.2. The van der Waals surface area contributed by atoms with Crippen molar-refractivity contribution in [3.63, 3.8) is 0 Å². The fourth-order valence-corrected chi connectivity index (χ4v) is 8.09. The molecule has 2 atom stereocenters. The van der Waals surface area contributed by atoms with Gasteiger partial charge in [0.25, 0.3) is 0 Å². The first-order valence-corrected chi connectivity index (χ1v) is 15.0. The van der Waals surface area contributed by atoms with Crippen LogP contribution in [-0.4, -0.2) is 75.5 Å². The molecule has 4 aromatic rings. The second-order valence-electron chi connectivity index (χ2n) is 12.8. The number of hydrogen-bond acceptors (Lipinski definition) is 9. The van der Waals surface area contributed by atoms with Gasteiger partial charge < -0.3 is 15.0 Å². The third-order valence-corrected chi connectivity index (χ3v) is 10.3. The highest BCUT2D eigenvalue weighted by molar-refractivity contribution is 6.07. The van der Waals surface area contributed by atoms with Crippen molar-refractivity contribution in [2.75, 3.05) is 32.1 Å². The normalized spacial score (nSPS) is 26.6. The Kier molecular flexibility index (Phi) is 5.84. The van der Waals surface area contributed by atoms with Crippen LogP contribution < -0.4 is 15.0 Å². The molecular weight excluding hydrogens is 556 g/mol. The van der Waals surface area contributed by atoms with E-state index in [0.29, 0.717) is 53.9 Å². The van der Waals surface area contributed by atoms with Gasteiger partial charge in [-0.05, 0) is 49.4 Å². The van der Waals surface area contributed by atoms with Gasteiger partial charge in [-0.2, -0.15) is 10.4 Å². The van der Waals surface area contributed by atoms with Gasteiger partial charge >= 0.3 is 0 Å². The Hall–Kier alpha value is -4.82.